The highest BCUT2D eigenvalue weighted by Crippen LogP contribution is 2.25. The van der Waals surface area contributed by atoms with Gasteiger partial charge < -0.3 is 4.98 Å². The zero-order valence-electron chi connectivity index (χ0n) is 10.1. The summed E-state index contributed by atoms with van der Waals surface area (Å²) in [6, 6.07) is 8.52. The maximum atomic E-state index is 3.91. The molecule has 2 heterocycles. The summed E-state index contributed by atoms with van der Waals surface area (Å²) in [7, 11) is 0. The van der Waals surface area contributed by atoms with Crippen LogP contribution < -0.4 is 0 Å². The molecule has 1 N–H and O–H groups in total. The van der Waals surface area contributed by atoms with Gasteiger partial charge >= 0.3 is 0 Å². The molecule has 1 aliphatic rings. The lowest BCUT2D eigenvalue weighted by Gasteiger charge is -2.14. The summed E-state index contributed by atoms with van der Waals surface area (Å²) < 4.78 is 0. The van der Waals surface area contributed by atoms with Crippen molar-refractivity contribution in [2.45, 2.75) is 19.4 Å². The normalized spacial score (nSPS) is 16.7. The van der Waals surface area contributed by atoms with E-state index in [1.165, 1.54) is 48.1 Å². The van der Waals surface area contributed by atoms with E-state index in [9.17, 15) is 0 Å². The number of aromatic amines is 1. The molecule has 1 fully saturated rings. The number of fused-ring (bicyclic) bond motifs is 1. The first kappa shape index (κ1) is 10.6. The van der Waals surface area contributed by atoms with Crippen LogP contribution in [0.4, 0.5) is 0 Å². The zero-order valence-corrected chi connectivity index (χ0v) is 10.1. The third-order valence-electron chi connectivity index (χ3n) is 3.63. The maximum Gasteiger partial charge on any atom is 0.0461 e. The van der Waals surface area contributed by atoms with Crippen LogP contribution in [-0.2, 0) is 6.54 Å². The van der Waals surface area contributed by atoms with E-state index in [1.807, 2.05) is 6.08 Å². The van der Waals surface area contributed by atoms with Crippen molar-refractivity contribution in [1.29, 1.82) is 0 Å². The molecule has 2 aromatic rings. The van der Waals surface area contributed by atoms with Crippen molar-refractivity contribution in [2.24, 2.45) is 0 Å². The second kappa shape index (κ2) is 4.38. The summed E-state index contributed by atoms with van der Waals surface area (Å²) in [5, 5.41) is 1.34. The molecule has 17 heavy (non-hydrogen) atoms. The molecule has 1 aromatic carbocycles. The monoisotopic (exact) mass is 226 g/mol. The van der Waals surface area contributed by atoms with E-state index >= 15 is 0 Å². The number of benzene rings is 1. The van der Waals surface area contributed by atoms with Gasteiger partial charge in [0, 0.05) is 23.1 Å². The van der Waals surface area contributed by atoms with E-state index in [0.717, 1.165) is 6.54 Å². The SMILES string of the molecule is C=Cc1[nH]c2ccccc2c1CN1CCCC1. The number of hydrogen-bond donors (Lipinski definition) is 1. The second-order valence-electron chi connectivity index (χ2n) is 4.75. The van der Waals surface area contributed by atoms with Crippen LogP contribution in [0.3, 0.4) is 0 Å². The summed E-state index contributed by atoms with van der Waals surface area (Å²) in [5.74, 6) is 0. The Morgan fingerprint density at radius 3 is 2.76 bits per heavy atom. The number of hydrogen-bond acceptors (Lipinski definition) is 1. The first-order chi connectivity index (χ1) is 8.38. The molecule has 0 aliphatic carbocycles. The summed E-state index contributed by atoms with van der Waals surface area (Å²) >= 11 is 0. The van der Waals surface area contributed by atoms with Gasteiger partial charge in [0.1, 0.15) is 0 Å². The molecule has 2 nitrogen and oxygen atoms in total. The van der Waals surface area contributed by atoms with Gasteiger partial charge in [0.05, 0.1) is 0 Å². The molecule has 2 heteroatoms. The van der Waals surface area contributed by atoms with E-state index in [1.54, 1.807) is 0 Å². The number of H-pyrrole nitrogens is 1. The smallest absolute Gasteiger partial charge is 0.0461 e. The van der Waals surface area contributed by atoms with Gasteiger partial charge in [-0.05, 0) is 43.6 Å². The summed E-state index contributed by atoms with van der Waals surface area (Å²) in [4.78, 5) is 5.97. The lowest BCUT2D eigenvalue weighted by atomic mass is 10.1. The van der Waals surface area contributed by atoms with Crippen molar-refractivity contribution >= 4 is 17.0 Å². The van der Waals surface area contributed by atoms with Crippen LogP contribution in [0.2, 0.25) is 0 Å². The Morgan fingerprint density at radius 1 is 1.24 bits per heavy atom. The molecule has 1 saturated heterocycles. The lowest BCUT2D eigenvalue weighted by Crippen LogP contribution is -2.18. The molecule has 0 saturated carbocycles. The van der Waals surface area contributed by atoms with Gasteiger partial charge in [-0.2, -0.15) is 0 Å². The number of para-hydroxylation sites is 1. The van der Waals surface area contributed by atoms with E-state index in [0.29, 0.717) is 0 Å². The number of nitrogens with one attached hydrogen (secondary N) is 1. The van der Waals surface area contributed by atoms with Crippen LogP contribution in [0.1, 0.15) is 24.1 Å². The Kier molecular flexibility index (Phi) is 2.73. The Balaban J connectivity index is 2.02. The van der Waals surface area contributed by atoms with Crippen LogP contribution in [-0.4, -0.2) is 23.0 Å². The molecule has 1 aromatic heterocycles. The van der Waals surface area contributed by atoms with Crippen molar-refractivity contribution in [3.05, 3.63) is 42.1 Å². The van der Waals surface area contributed by atoms with Crippen LogP contribution in [0.25, 0.3) is 17.0 Å². The molecule has 0 radical (unpaired) electrons. The molecule has 0 atom stereocenters. The van der Waals surface area contributed by atoms with Gasteiger partial charge in [0.2, 0.25) is 0 Å². The molecular weight excluding hydrogens is 208 g/mol. The fraction of sp³-hybridized carbons (Fsp3) is 0.333. The molecule has 1 aliphatic heterocycles. The van der Waals surface area contributed by atoms with E-state index in [-0.39, 0.29) is 0 Å². The first-order valence-corrected chi connectivity index (χ1v) is 6.33. The van der Waals surface area contributed by atoms with Gasteiger partial charge in [0.15, 0.2) is 0 Å². The number of rotatable bonds is 3. The minimum Gasteiger partial charge on any atom is -0.355 e. The lowest BCUT2D eigenvalue weighted by molar-refractivity contribution is 0.332. The number of likely N-dealkylation sites (tertiary alicyclic amines) is 1. The van der Waals surface area contributed by atoms with E-state index < -0.39 is 0 Å². The van der Waals surface area contributed by atoms with Gasteiger partial charge in [-0.1, -0.05) is 24.8 Å². The Morgan fingerprint density at radius 2 is 2.00 bits per heavy atom. The molecule has 88 valence electrons. The maximum absolute atomic E-state index is 3.91. The van der Waals surface area contributed by atoms with E-state index in [2.05, 4.69) is 40.7 Å². The van der Waals surface area contributed by atoms with Gasteiger partial charge in [0.25, 0.3) is 0 Å². The van der Waals surface area contributed by atoms with Crippen molar-refractivity contribution in [3.8, 4) is 0 Å². The number of aromatic nitrogens is 1. The average molecular weight is 226 g/mol. The topological polar surface area (TPSA) is 19.0 Å². The van der Waals surface area contributed by atoms with Gasteiger partial charge in [-0.25, -0.2) is 0 Å². The standard InChI is InChI=1S/C15H18N2/c1-2-14-13(11-17-9-5-6-10-17)12-7-3-4-8-15(12)16-14/h2-4,7-8,16H,1,5-6,9-11H2. The Hall–Kier alpha value is -1.54. The third-order valence-corrected chi connectivity index (χ3v) is 3.63. The fourth-order valence-corrected chi connectivity index (χ4v) is 2.73. The first-order valence-electron chi connectivity index (χ1n) is 6.33. The minimum absolute atomic E-state index is 1.05. The quantitative estimate of drug-likeness (QED) is 0.849. The molecule has 0 amide bonds. The van der Waals surface area contributed by atoms with Gasteiger partial charge in [-0.15, -0.1) is 0 Å². The van der Waals surface area contributed by atoms with Crippen molar-refractivity contribution in [2.75, 3.05) is 13.1 Å². The van der Waals surface area contributed by atoms with Crippen LogP contribution in [0.5, 0.6) is 0 Å². The Labute approximate surface area is 102 Å². The van der Waals surface area contributed by atoms with Gasteiger partial charge in [-0.3, -0.25) is 4.90 Å². The minimum atomic E-state index is 1.05. The van der Waals surface area contributed by atoms with Crippen molar-refractivity contribution in [1.82, 2.24) is 9.88 Å². The van der Waals surface area contributed by atoms with Crippen molar-refractivity contribution in [3.63, 3.8) is 0 Å². The highest BCUT2D eigenvalue weighted by molar-refractivity contribution is 5.87. The van der Waals surface area contributed by atoms with E-state index in [4.69, 9.17) is 0 Å². The predicted molar refractivity (Wildman–Crippen MR) is 72.9 cm³/mol. The number of nitrogens with zero attached hydrogens (tertiary/aromatic N) is 1. The fourth-order valence-electron chi connectivity index (χ4n) is 2.73. The average Bonchev–Trinajstić information content (AvgIpc) is 2.98. The molecule has 0 bridgehead atoms. The van der Waals surface area contributed by atoms with Crippen LogP contribution >= 0.6 is 0 Å². The largest absolute Gasteiger partial charge is 0.355 e. The summed E-state index contributed by atoms with van der Waals surface area (Å²) in [6.45, 7) is 7.42. The van der Waals surface area contributed by atoms with Crippen molar-refractivity contribution < 1.29 is 0 Å². The predicted octanol–water partition coefficient (Wildman–Crippen LogP) is 3.41. The summed E-state index contributed by atoms with van der Waals surface area (Å²) in [5.41, 5.74) is 3.80. The molecule has 0 spiro atoms. The molecule has 3 rings (SSSR count). The molecular formula is C15H18N2. The van der Waals surface area contributed by atoms with Crippen LogP contribution in [0, 0.1) is 0 Å². The summed E-state index contributed by atoms with van der Waals surface area (Å²) in [6.07, 6.45) is 4.61. The zero-order chi connectivity index (χ0) is 11.7. The Bertz CT molecular complexity index is 533. The highest BCUT2D eigenvalue weighted by Gasteiger charge is 2.16. The second-order valence-corrected chi connectivity index (χ2v) is 4.75. The third kappa shape index (κ3) is 1.89. The molecule has 0 unspecified atom stereocenters. The highest BCUT2D eigenvalue weighted by atomic mass is 15.1. The van der Waals surface area contributed by atoms with Crippen LogP contribution in [0.15, 0.2) is 30.8 Å².